The molecule has 0 unspecified atom stereocenters. The summed E-state index contributed by atoms with van der Waals surface area (Å²) in [6.07, 6.45) is 3.36. The first-order valence-corrected chi connectivity index (χ1v) is 10.2. The number of imide groups is 1. The third-order valence-corrected chi connectivity index (χ3v) is 5.81. The van der Waals surface area contributed by atoms with E-state index in [-0.39, 0.29) is 11.8 Å². The third-order valence-electron chi connectivity index (χ3n) is 4.78. The van der Waals surface area contributed by atoms with Gasteiger partial charge in [-0.1, -0.05) is 42.1 Å². The molecule has 0 fully saturated rings. The van der Waals surface area contributed by atoms with E-state index in [0.29, 0.717) is 17.7 Å². The number of carbonyl (C=O) groups is 2. The van der Waals surface area contributed by atoms with Crippen LogP contribution in [0.25, 0.3) is 5.69 Å². The van der Waals surface area contributed by atoms with Crippen LogP contribution in [0.2, 0.25) is 0 Å². The number of hydrogen-bond acceptors (Lipinski definition) is 5. The van der Waals surface area contributed by atoms with Gasteiger partial charge in [0.25, 0.3) is 11.8 Å². The van der Waals surface area contributed by atoms with Crippen molar-refractivity contribution in [3.8, 4) is 5.69 Å². The van der Waals surface area contributed by atoms with Crippen LogP contribution in [0.1, 0.15) is 39.1 Å². The fourth-order valence-corrected chi connectivity index (χ4v) is 4.22. The van der Waals surface area contributed by atoms with E-state index in [4.69, 9.17) is 0 Å². The highest BCUT2D eigenvalue weighted by atomic mass is 32.2. The highest BCUT2D eigenvalue weighted by Crippen LogP contribution is 2.24. The van der Waals surface area contributed by atoms with Crippen LogP contribution >= 0.6 is 11.8 Å². The Hall–Kier alpha value is -2.93. The van der Waals surface area contributed by atoms with Crippen molar-refractivity contribution in [2.24, 2.45) is 0 Å². The number of rotatable bonds is 7. The number of fused-ring (bicyclic) bond motifs is 1. The molecule has 0 saturated heterocycles. The lowest BCUT2D eigenvalue weighted by atomic mass is 10.1. The molecule has 1 aromatic heterocycles. The lowest BCUT2D eigenvalue weighted by Gasteiger charge is -2.13. The Bertz CT molecular complexity index is 996. The van der Waals surface area contributed by atoms with Crippen LogP contribution in [0.4, 0.5) is 0 Å². The molecule has 4 rings (SSSR count). The summed E-state index contributed by atoms with van der Waals surface area (Å²) >= 11 is 1.63. The quantitative estimate of drug-likeness (QED) is 0.348. The van der Waals surface area contributed by atoms with E-state index in [1.54, 1.807) is 42.4 Å². The number of amides is 2. The predicted octanol–water partition coefficient (Wildman–Crippen LogP) is 3.74. The smallest absolute Gasteiger partial charge is 0.261 e. The Labute approximate surface area is 167 Å². The molecule has 1 aliphatic rings. The summed E-state index contributed by atoms with van der Waals surface area (Å²) in [6.45, 7) is 2.50. The standard InChI is InChI=1S/C21H20N4O2S/c1-15-8-2-5-11-18(15)25-14-22-23-21(25)28-13-7-6-12-24-19(26)16-9-3-4-10-17(16)20(24)27/h2-5,8-11,14H,6-7,12-13H2,1H3. The van der Waals surface area contributed by atoms with E-state index in [9.17, 15) is 9.59 Å². The predicted molar refractivity (Wildman–Crippen MR) is 108 cm³/mol. The second-order valence-corrected chi connectivity index (χ2v) is 7.70. The first-order chi connectivity index (χ1) is 13.7. The summed E-state index contributed by atoms with van der Waals surface area (Å²) < 4.78 is 1.99. The summed E-state index contributed by atoms with van der Waals surface area (Å²) in [5, 5.41) is 9.10. The second kappa shape index (κ2) is 7.98. The molecule has 3 aromatic rings. The first-order valence-electron chi connectivity index (χ1n) is 9.21. The van der Waals surface area contributed by atoms with E-state index >= 15 is 0 Å². The maximum absolute atomic E-state index is 12.4. The normalized spacial score (nSPS) is 13.2. The Morgan fingerprint density at radius 2 is 1.61 bits per heavy atom. The molecular formula is C21H20N4O2S. The molecule has 0 bridgehead atoms. The van der Waals surface area contributed by atoms with Gasteiger partial charge in [-0.25, -0.2) is 0 Å². The highest BCUT2D eigenvalue weighted by Gasteiger charge is 2.34. The van der Waals surface area contributed by atoms with Gasteiger partial charge in [0.15, 0.2) is 5.16 Å². The van der Waals surface area contributed by atoms with E-state index in [1.807, 2.05) is 22.8 Å². The number of benzene rings is 2. The Morgan fingerprint density at radius 1 is 0.929 bits per heavy atom. The molecule has 0 saturated carbocycles. The average molecular weight is 392 g/mol. The largest absolute Gasteiger partial charge is 0.276 e. The zero-order chi connectivity index (χ0) is 19.5. The first kappa shape index (κ1) is 18.4. The van der Waals surface area contributed by atoms with E-state index < -0.39 is 0 Å². The van der Waals surface area contributed by atoms with Gasteiger partial charge in [-0.2, -0.15) is 0 Å². The van der Waals surface area contributed by atoms with Gasteiger partial charge >= 0.3 is 0 Å². The van der Waals surface area contributed by atoms with Gasteiger partial charge in [-0.05, 0) is 43.5 Å². The zero-order valence-corrected chi connectivity index (χ0v) is 16.4. The van der Waals surface area contributed by atoms with Crippen LogP contribution < -0.4 is 0 Å². The van der Waals surface area contributed by atoms with Gasteiger partial charge in [0.05, 0.1) is 16.8 Å². The molecule has 0 N–H and O–H groups in total. The molecule has 0 spiro atoms. The van der Waals surface area contributed by atoms with Gasteiger partial charge in [0, 0.05) is 12.3 Å². The Kier molecular flexibility index (Phi) is 5.25. The molecule has 0 radical (unpaired) electrons. The fourth-order valence-electron chi connectivity index (χ4n) is 3.30. The number of aromatic nitrogens is 3. The minimum Gasteiger partial charge on any atom is -0.276 e. The maximum Gasteiger partial charge on any atom is 0.261 e. The van der Waals surface area contributed by atoms with Gasteiger partial charge in [0.2, 0.25) is 0 Å². The molecule has 6 nitrogen and oxygen atoms in total. The minimum atomic E-state index is -0.187. The monoisotopic (exact) mass is 392 g/mol. The number of unbranched alkanes of at least 4 members (excludes halogenated alkanes) is 1. The minimum absolute atomic E-state index is 0.187. The molecular weight excluding hydrogens is 372 g/mol. The van der Waals surface area contributed by atoms with Gasteiger partial charge in [-0.15, -0.1) is 10.2 Å². The molecule has 2 aromatic carbocycles. The molecule has 2 heterocycles. The van der Waals surface area contributed by atoms with Crippen molar-refractivity contribution >= 4 is 23.6 Å². The van der Waals surface area contributed by atoms with Crippen LogP contribution in [0.15, 0.2) is 60.0 Å². The molecule has 2 amide bonds. The molecule has 1 aliphatic heterocycles. The van der Waals surface area contributed by atoms with Gasteiger partial charge in [0.1, 0.15) is 6.33 Å². The average Bonchev–Trinajstić information content (AvgIpc) is 3.27. The van der Waals surface area contributed by atoms with Crippen molar-refractivity contribution in [2.75, 3.05) is 12.3 Å². The van der Waals surface area contributed by atoms with E-state index in [0.717, 1.165) is 35.0 Å². The van der Waals surface area contributed by atoms with Crippen LogP contribution in [0.5, 0.6) is 0 Å². The summed E-state index contributed by atoms with van der Waals surface area (Å²) in [6, 6.07) is 15.1. The number of carbonyl (C=O) groups excluding carboxylic acids is 2. The van der Waals surface area contributed by atoms with Gasteiger partial charge < -0.3 is 0 Å². The van der Waals surface area contributed by atoms with Crippen LogP contribution in [-0.4, -0.2) is 43.8 Å². The summed E-state index contributed by atoms with van der Waals surface area (Å²) in [4.78, 5) is 26.1. The van der Waals surface area contributed by atoms with Crippen molar-refractivity contribution in [2.45, 2.75) is 24.9 Å². The second-order valence-electron chi connectivity index (χ2n) is 6.63. The molecule has 0 atom stereocenters. The third kappa shape index (κ3) is 3.45. The Balaban J connectivity index is 1.30. The van der Waals surface area contributed by atoms with E-state index in [1.165, 1.54) is 4.90 Å². The summed E-state index contributed by atoms with van der Waals surface area (Å²) in [5.41, 5.74) is 3.25. The summed E-state index contributed by atoms with van der Waals surface area (Å²) in [7, 11) is 0. The molecule has 28 heavy (non-hydrogen) atoms. The highest BCUT2D eigenvalue weighted by molar-refractivity contribution is 7.99. The Morgan fingerprint density at radius 3 is 2.32 bits per heavy atom. The number of nitrogens with zero attached hydrogens (tertiary/aromatic N) is 4. The van der Waals surface area contributed by atoms with E-state index in [2.05, 4.69) is 23.2 Å². The SMILES string of the molecule is Cc1ccccc1-n1cnnc1SCCCCN1C(=O)c2ccccc2C1=O. The van der Waals surface area contributed by atoms with Crippen molar-refractivity contribution in [3.63, 3.8) is 0 Å². The lowest BCUT2D eigenvalue weighted by Crippen LogP contribution is -2.30. The van der Waals surface area contributed by atoms with Gasteiger partial charge in [-0.3, -0.25) is 19.1 Å². The number of thioether (sulfide) groups is 1. The van der Waals surface area contributed by atoms with Crippen LogP contribution in [0, 0.1) is 6.92 Å². The lowest BCUT2D eigenvalue weighted by molar-refractivity contribution is 0.0652. The molecule has 0 aliphatic carbocycles. The maximum atomic E-state index is 12.4. The summed E-state index contributed by atoms with van der Waals surface area (Å²) in [5.74, 6) is 0.466. The van der Waals surface area contributed by atoms with Crippen molar-refractivity contribution in [3.05, 3.63) is 71.5 Å². The van der Waals surface area contributed by atoms with Crippen molar-refractivity contribution < 1.29 is 9.59 Å². The zero-order valence-electron chi connectivity index (χ0n) is 15.5. The van der Waals surface area contributed by atoms with Crippen LogP contribution in [0.3, 0.4) is 0 Å². The van der Waals surface area contributed by atoms with Crippen LogP contribution in [-0.2, 0) is 0 Å². The van der Waals surface area contributed by atoms with Crippen molar-refractivity contribution in [1.29, 1.82) is 0 Å². The fraction of sp³-hybridized carbons (Fsp3) is 0.238. The number of aryl methyl sites for hydroxylation is 1. The topological polar surface area (TPSA) is 68.1 Å². The molecule has 142 valence electrons. The number of hydrogen-bond donors (Lipinski definition) is 0. The molecule has 7 heteroatoms. The number of para-hydroxylation sites is 1. The van der Waals surface area contributed by atoms with Crippen molar-refractivity contribution in [1.82, 2.24) is 19.7 Å².